The Kier molecular flexibility index (Phi) is 7.81. The molecule has 2 heterocycles. The van der Waals surface area contributed by atoms with E-state index in [4.69, 9.17) is 4.74 Å². The molecular formula is C20H36N2O. The molecule has 23 heavy (non-hydrogen) atoms. The van der Waals surface area contributed by atoms with Crippen molar-refractivity contribution in [2.45, 2.75) is 46.6 Å². The molecule has 3 atom stereocenters. The van der Waals surface area contributed by atoms with E-state index in [1.807, 2.05) is 0 Å². The van der Waals surface area contributed by atoms with Crippen LogP contribution in [0.4, 0.5) is 0 Å². The fourth-order valence-corrected chi connectivity index (χ4v) is 4.03. The van der Waals surface area contributed by atoms with Crippen LogP contribution in [-0.2, 0) is 4.74 Å². The topological polar surface area (TPSA) is 15.7 Å². The van der Waals surface area contributed by atoms with E-state index in [1.165, 1.54) is 38.0 Å². The van der Waals surface area contributed by atoms with Gasteiger partial charge in [0.2, 0.25) is 0 Å². The quantitative estimate of drug-likeness (QED) is 0.696. The number of piperidine rings is 1. The third-order valence-electron chi connectivity index (χ3n) is 5.56. The highest BCUT2D eigenvalue weighted by molar-refractivity contribution is 5.16. The van der Waals surface area contributed by atoms with Crippen molar-refractivity contribution in [3.8, 4) is 0 Å². The number of hydrogen-bond acceptors (Lipinski definition) is 3. The average molecular weight is 321 g/mol. The molecule has 2 aliphatic heterocycles. The fraction of sp³-hybridized carbons (Fsp3) is 0.800. The molecule has 2 rings (SSSR count). The number of likely N-dealkylation sites (tertiary alicyclic amines) is 1. The number of nitrogens with zero attached hydrogens (tertiary/aromatic N) is 2. The van der Waals surface area contributed by atoms with Crippen molar-refractivity contribution in [1.29, 1.82) is 0 Å². The van der Waals surface area contributed by atoms with Gasteiger partial charge in [-0.05, 0) is 52.0 Å². The predicted octanol–water partition coefficient (Wildman–Crippen LogP) is 3.58. The molecule has 2 aliphatic rings. The van der Waals surface area contributed by atoms with E-state index in [1.54, 1.807) is 0 Å². The minimum atomic E-state index is 0.690. The van der Waals surface area contributed by atoms with Gasteiger partial charge < -0.3 is 4.74 Å². The van der Waals surface area contributed by atoms with E-state index < -0.39 is 0 Å². The number of allylic oxidation sites excluding steroid dienone is 4. The van der Waals surface area contributed by atoms with Crippen LogP contribution in [0.1, 0.15) is 40.5 Å². The van der Waals surface area contributed by atoms with E-state index in [9.17, 15) is 0 Å². The first-order valence-electron chi connectivity index (χ1n) is 9.45. The summed E-state index contributed by atoms with van der Waals surface area (Å²) in [4.78, 5) is 5.25. The lowest BCUT2D eigenvalue weighted by Gasteiger charge is -2.40. The third kappa shape index (κ3) is 6.06. The van der Waals surface area contributed by atoms with Crippen LogP contribution in [0.3, 0.4) is 0 Å². The highest BCUT2D eigenvalue weighted by Crippen LogP contribution is 2.30. The van der Waals surface area contributed by atoms with Gasteiger partial charge in [-0.1, -0.05) is 30.7 Å². The number of ether oxygens (including phenoxy) is 1. The number of hydrogen-bond donors (Lipinski definition) is 0. The molecule has 0 N–H and O–H groups in total. The summed E-state index contributed by atoms with van der Waals surface area (Å²) in [7, 11) is 0. The van der Waals surface area contributed by atoms with Gasteiger partial charge in [-0.15, -0.1) is 0 Å². The summed E-state index contributed by atoms with van der Waals surface area (Å²) in [5.74, 6) is 1.53. The van der Waals surface area contributed by atoms with E-state index in [-0.39, 0.29) is 0 Å². The third-order valence-corrected chi connectivity index (χ3v) is 5.56. The van der Waals surface area contributed by atoms with Gasteiger partial charge in [0.15, 0.2) is 0 Å². The van der Waals surface area contributed by atoms with Crippen LogP contribution < -0.4 is 0 Å². The summed E-state index contributed by atoms with van der Waals surface area (Å²) < 4.78 is 5.44. The van der Waals surface area contributed by atoms with E-state index in [0.717, 1.165) is 32.2 Å². The minimum Gasteiger partial charge on any atom is -0.379 e. The van der Waals surface area contributed by atoms with E-state index in [0.29, 0.717) is 12.0 Å². The van der Waals surface area contributed by atoms with Gasteiger partial charge in [0.1, 0.15) is 0 Å². The van der Waals surface area contributed by atoms with Crippen LogP contribution in [-0.4, -0.2) is 61.8 Å². The molecule has 132 valence electrons. The van der Waals surface area contributed by atoms with Gasteiger partial charge in [0.05, 0.1) is 13.2 Å². The lowest BCUT2D eigenvalue weighted by atomic mass is 9.81. The van der Waals surface area contributed by atoms with Gasteiger partial charge in [-0.3, -0.25) is 9.80 Å². The Morgan fingerprint density at radius 2 is 1.96 bits per heavy atom. The van der Waals surface area contributed by atoms with Crippen molar-refractivity contribution >= 4 is 0 Å². The zero-order valence-electron chi connectivity index (χ0n) is 15.6. The first-order chi connectivity index (χ1) is 11.1. The number of morpholine rings is 1. The molecule has 0 saturated carbocycles. The summed E-state index contributed by atoms with van der Waals surface area (Å²) in [6.07, 6.45) is 9.49. The van der Waals surface area contributed by atoms with Crippen molar-refractivity contribution in [1.82, 2.24) is 9.80 Å². The van der Waals surface area contributed by atoms with Crippen LogP contribution in [0.2, 0.25) is 0 Å². The monoisotopic (exact) mass is 320 g/mol. The standard InChI is InChI=1S/C20H36N2O/c1-5-6-17(2)15-18(3)20-7-8-22(19(4)16-20)10-9-21-11-13-23-14-12-21/h5-6,15,18-20H,7-14,16H2,1-4H3/b6-5-,17-15-. The van der Waals surface area contributed by atoms with Gasteiger partial charge in [-0.2, -0.15) is 0 Å². The molecule has 0 amide bonds. The Labute approximate surface area is 143 Å². The fourth-order valence-electron chi connectivity index (χ4n) is 4.03. The highest BCUT2D eigenvalue weighted by atomic mass is 16.5. The molecule has 0 aromatic heterocycles. The average Bonchev–Trinajstić information content (AvgIpc) is 2.54. The Morgan fingerprint density at radius 3 is 2.61 bits per heavy atom. The van der Waals surface area contributed by atoms with Crippen molar-refractivity contribution < 1.29 is 4.74 Å². The largest absolute Gasteiger partial charge is 0.379 e. The summed E-state index contributed by atoms with van der Waals surface area (Å²) in [5.41, 5.74) is 1.41. The van der Waals surface area contributed by atoms with Gasteiger partial charge in [-0.25, -0.2) is 0 Å². The van der Waals surface area contributed by atoms with E-state index in [2.05, 4.69) is 55.7 Å². The smallest absolute Gasteiger partial charge is 0.0594 e. The zero-order chi connectivity index (χ0) is 16.7. The Balaban J connectivity index is 1.76. The second kappa shape index (κ2) is 9.61. The Bertz CT molecular complexity index is 398. The highest BCUT2D eigenvalue weighted by Gasteiger charge is 2.28. The molecule has 0 aliphatic carbocycles. The van der Waals surface area contributed by atoms with Crippen molar-refractivity contribution in [2.75, 3.05) is 45.9 Å². The molecule has 3 nitrogen and oxygen atoms in total. The van der Waals surface area contributed by atoms with Gasteiger partial charge >= 0.3 is 0 Å². The molecule has 3 unspecified atom stereocenters. The maximum Gasteiger partial charge on any atom is 0.0594 e. The minimum absolute atomic E-state index is 0.690. The Hall–Kier alpha value is -0.640. The molecule has 3 heteroatoms. The summed E-state index contributed by atoms with van der Waals surface area (Å²) >= 11 is 0. The maximum atomic E-state index is 5.44. The SMILES string of the molecule is C/C=C\C(C)=C/C(C)C1CCN(CCN2CCOCC2)C(C)C1. The molecular weight excluding hydrogens is 284 g/mol. The lowest BCUT2D eigenvalue weighted by Crippen LogP contribution is -2.47. The molecule has 0 radical (unpaired) electrons. The zero-order valence-corrected chi connectivity index (χ0v) is 15.6. The first-order valence-corrected chi connectivity index (χ1v) is 9.45. The van der Waals surface area contributed by atoms with Gasteiger partial charge in [0, 0.05) is 32.2 Å². The van der Waals surface area contributed by atoms with Crippen LogP contribution in [0.25, 0.3) is 0 Å². The lowest BCUT2D eigenvalue weighted by molar-refractivity contribution is 0.0258. The normalized spacial score (nSPS) is 30.0. The van der Waals surface area contributed by atoms with Crippen LogP contribution in [0.5, 0.6) is 0 Å². The second-order valence-electron chi connectivity index (χ2n) is 7.39. The molecule has 0 bridgehead atoms. The van der Waals surface area contributed by atoms with Crippen LogP contribution >= 0.6 is 0 Å². The molecule has 2 saturated heterocycles. The molecule has 0 aromatic carbocycles. The molecule has 2 fully saturated rings. The van der Waals surface area contributed by atoms with E-state index >= 15 is 0 Å². The molecule has 0 spiro atoms. The molecule has 0 aromatic rings. The van der Waals surface area contributed by atoms with Crippen LogP contribution in [0.15, 0.2) is 23.8 Å². The first kappa shape index (κ1) is 18.7. The van der Waals surface area contributed by atoms with Crippen molar-refractivity contribution in [3.63, 3.8) is 0 Å². The predicted molar refractivity (Wildman–Crippen MR) is 98.8 cm³/mol. The van der Waals surface area contributed by atoms with Crippen molar-refractivity contribution in [3.05, 3.63) is 23.8 Å². The second-order valence-corrected chi connectivity index (χ2v) is 7.39. The number of rotatable bonds is 6. The maximum absolute atomic E-state index is 5.44. The van der Waals surface area contributed by atoms with Gasteiger partial charge in [0.25, 0.3) is 0 Å². The van der Waals surface area contributed by atoms with Crippen molar-refractivity contribution in [2.24, 2.45) is 11.8 Å². The summed E-state index contributed by atoms with van der Waals surface area (Å²) in [5, 5.41) is 0. The Morgan fingerprint density at radius 1 is 1.22 bits per heavy atom. The summed E-state index contributed by atoms with van der Waals surface area (Å²) in [6.45, 7) is 16.8. The van der Waals surface area contributed by atoms with Crippen LogP contribution in [0, 0.1) is 11.8 Å². The summed E-state index contributed by atoms with van der Waals surface area (Å²) in [6, 6.07) is 0.715.